The van der Waals surface area contributed by atoms with Crippen molar-refractivity contribution in [2.75, 3.05) is 4.72 Å². The van der Waals surface area contributed by atoms with E-state index in [1.807, 2.05) is 34.6 Å². The van der Waals surface area contributed by atoms with Gasteiger partial charge in [-0.2, -0.15) is 0 Å². The van der Waals surface area contributed by atoms with Gasteiger partial charge in [0.1, 0.15) is 5.82 Å². The standard InChI is InChI=1S/C8H10FNS.2C2H6/c1-5-6(2)8(10-11)4-3-7(5)9;2*1-2/h3-4,10-11H,1-2H3;2*1-2H3. The molecular weight excluding hydrogens is 209 g/mol. The number of thiol groups is 1. The summed E-state index contributed by atoms with van der Waals surface area (Å²) in [5.41, 5.74) is 2.43. The first-order valence-corrected chi connectivity index (χ1v) is 5.77. The van der Waals surface area contributed by atoms with Crippen LogP contribution in [0.2, 0.25) is 0 Å². The highest BCUT2D eigenvalue weighted by Crippen LogP contribution is 2.21. The molecule has 0 fully saturated rings. The maximum absolute atomic E-state index is 12.8. The van der Waals surface area contributed by atoms with Crippen LogP contribution in [0.3, 0.4) is 0 Å². The Morgan fingerprint density at radius 2 is 1.47 bits per heavy atom. The minimum Gasteiger partial charge on any atom is -0.332 e. The number of rotatable bonds is 1. The van der Waals surface area contributed by atoms with E-state index in [-0.39, 0.29) is 5.82 Å². The van der Waals surface area contributed by atoms with Crippen LogP contribution in [0.15, 0.2) is 12.1 Å². The lowest BCUT2D eigenvalue weighted by molar-refractivity contribution is 0.617. The number of halogens is 1. The second kappa shape index (κ2) is 9.84. The predicted molar refractivity (Wildman–Crippen MR) is 71.2 cm³/mol. The number of nitrogens with one attached hydrogen (secondary N) is 1. The molecule has 0 unspecified atom stereocenters. The first kappa shape index (κ1) is 16.7. The van der Waals surface area contributed by atoms with E-state index in [9.17, 15) is 4.39 Å². The van der Waals surface area contributed by atoms with Crippen molar-refractivity contribution in [3.8, 4) is 0 Å². The van der Waals surface area contributed by atoms with E-state index in [2.05, 4.69) is 17.5 Å². The maximum Gasteiger partial charge on any atom is 0.126 e. The topological polar surface area (TPSA) is 12.0 Å². The van der Waals surface area contributed by atoms with E-state index >= 15 is 0 Å². The Labute approximate surface area is 98.6 Å². The molecule has 88 valence electrons. The third kappa shape index (κ3) is 5.07. The zero-order valence-electron chi connectivity index (χ0n) is 10.5. The van der Waals surface area contributed by atoms with E-state index in [0.29, 0.717) is 5.56 Å². The van der Waals surface area contributed by atoms with Gasteiger partial charge < -0.3 is 4.72 Å². The molecule has 0 aliphatic carbocycles. The van der Waals surface area contributed by atoms with Crippen LogP contribution < -0.4 is 4.72 Å². The van der Waals surface area contributed by atoms with Crippen molar-refractivity contribution >= 4 is 18.5 Å². The molecule has 0 saturated heterocycles. The fourth-order valence-electron chi connectivity index (χ4n) is 0.909. The van der Waals surface area contributed by atoms with Gasteiger partial charge in [0.25, 0.3) is 0 Å². The van der Waals surface area contributed by atoms with Crippen LogP contribution in [0.5, 0.6) is 0 Å². The van der Waals surface area contributed by atoms with Gasteiger partial charge in [-0.05, 0) is 37.1 Å². The molecule has 1 aromatic carbocycles. The molecule has 0 saturated carbocycles. The molecule has 0 aliphatic heterocycles. The van der Waals surface area contributed by atoms with Crippen molar-refractivity contribution in [3.05, 3.63) is 29.1 Å². The highest BCUT2D eigenvalue weighted by molar-refractivity contribution is 7.81. The largest absolute Gasteiger partial charge is 0.332 e. The molecule has 0 spiro atoms. The molecule has 0 aliphatic rings. The van der Waals surface area contributed by atoms with Gasteiger partial charge >= 0.3 is 0 Å². The van der Waals surface area contributed by atoms with Crippen LogP contribution in [0, 0.1) is 19.7 Å². The molecule has 1 aromatic rings. The molecule has 0 amide bonds. The molecule has 1 rings (SSSR count). The van der Waals surface area contributed by atoms with Crippen LogP contribution in [0.4, 0.5) is 10.1 Å². The fraction of sp³-hybridized carbons (Fsp3) is 0.500. The van der Waals surface area contributed by atoms with E-state index in [0.717, 1.165) is 11.3 Å². The fourth-order valence-corrected chi connectivity index (χ4v) is 1.15. The molecule has 0 heterocycles. The van der Waals surface area contributed by atoms with Gasteiger partial charge in [0.05, 0.1) is 0 Å². The lowest BCUT2D eigenvalue weighted by atomic mass is 10.1. The van der Waals surface area contributed by atoms with Crippen molar-refractivity contribution in [2.24, 2.45) is 0 Å². The molecule has 0 bridgehead atoms. The molecule has 1 nitrogen and oxygen atoms in total. The van der Waals surface area contributed by atoms with E-state index < -0.39 is 0 Å². The lowest BCUT2D eigenvalue weighted by Crippen LogP contribution is -1.92. The predicted octanol–water partition coefficient (Wildman–Crippen LogP) is 4.75. The SMILES string of the molecule is CC.CC.Cc1c(F)ccc(NS)c1C. The second-order valence-corrected chi connectivity index (χ2v) is 2.68. The molecule has 0 atom stereocenters. The summed E-state index contributed by atoms with van der Waals surface area (Å²) in [4.78, 5) is 0. The summed E-state index contributed by atoms with van der Waals surface area (Å²) in [6, 6.07) is 3.10. The van der Waals surface area contributed by atoms with Crippen LogP contribution in [-0.2, 0) is 0 Å². The van der Waals surface area contributed by atoms with Gasteiger partial charge in [-0.3, -0.25) is 0 Å². The zero-order valence-corrected chi connectivity index (χ0v) is 11.4. The van der Waals surface area contributed by atoms with Crippen molar-refractivity contribution in [2.45, 2.75) is 41.5 Å². The molecule has 0 radical (unpaired) electrons. The van der Waals surface area contributed by atoms with Crippen LogP contribution in [0.25, 0.3) is 0 Å². The van der Waals surface area contributed by atoms with Crippen molar-refractivity contribution in [3.63, 3.8) is 0 Å². The van der Waals surface area contributed by atoms with Crippen molar-refractivity contribution in [1.82, 2.24) is 0 Å². The van der Waals surface area contributed by atoms with Gasteiger partial charge in [0.2, 0.25) is 0 Å². The van der Waals surface area contributed by atoms with Gasteiger partial charge in [-0.1, -0.05) is 40.5 Å². The zero-order chi connectivity index (χ0) is 12.4. The Bertz CT molecular complexity index is 275. The Kier molecular flexibility index (Phi) is 11.0. The number of hydrogen-bond donors (Lipinski definition) is 2. The number of benzene rings is 1. The highest BCUT2D eigenvalue weighted by Gasteiger charge is 2.03. The lowest BCUT2D eigenvalue weighted by Gasteiger charge is -2.07. The van der Waals surface area contributed by atoms with Crippen molar-refractivity contribution < 1.29 is 4.39 Å². The average Bonchev–Trinajstić information content (AvgIpc) is 2.32. The van der Waals surface area contributed by atoms with E-state index in [4.69, 9.17) is 0 Å². The van der Waals surface area contributed by atoms with Gasteiger partial charge in [0, 0.05) is 5.69 Å². The van der Waals surface area contributed by atoms with Crippen LogP contribution in [-0.4, -0.2) is 0 Å². The Morgan fingerprint density at radius 3 is 1.87 bits per heavy atom. The van der Waals surface area contributed by atoms with Crippen LogP contribution in [0.1, 0.15) is 38.8 Å². The van der Waals surface area contributed by atoms with Crippen molar-refractivity contribution in [1.29, 1.82) is 0 Å². The summed E-state index contributed by atoms with van der Waals surface area (Å²) in [7, 11) is 0. The second-order valence-electron chi connectivity index (χ2n) is 2.46. The van der Waals surface area contributed by atoms with Gasteiger partial charge in [0.15, 0.2) is 0 Å². The normalized spacial score (nSPS) is 8.00. The minimum atomic E-state index is -0.171. The smallest absolute Gasteiger partial charge is 0.126 e. The average molecular weight is 231 g/mol. The van der Waals surface area contributed by atoms with Gasteiger partial charge in [-0.15, -0.1) is 0 Å². The summed E-state index contributed by atoms with van der Waals surface area (Å²) < 4.78 is 15.5. The van der Waals surface area contributed by atoms with E-state index in [1.165, 1.54) is 6.07 Å². The Morgan fingerprint density at radius 1 is 1.00 bits per heavy atom. The number of hydrogen-bond acceptors (Lipinski definition) is 2. The Balaban J connectivity index is 0. The summed E-state index contributed by atoms with van der Waals surface area (Å²) in [6.07, 6.45) is 0. The summed E-state index contributed by atoms with van der Waals surface area (Å²) in [5.74, 6) is -0.171. The number of anilines is 1. The summed E-state index contributed by atoms with van der Waals surface area (Å²) >= 11 is 3.89. The van der Waals surface area contributed by atoms with E-state index in [1.54, 1.807) is 13.0 Å². The molecule has 15 heavy (non-hydrogen) atoms. The third-order valence-corrected chi connectivity index (χ3v) is 2.08. The first-order chi connectivity index (χ1) is 7.16. The van der Waals surface area contributed by atoms with Gasteiger partial charge in [-0.25, -0.2) is 4.39 Å². The molecule has 1 N–H and O–H groups in total. The Hall–Kier alpha value is -0.700. The minimum absolute atomic E-state index is 0.171. The molecular formula is C12H22FNS. The molecule has 0 aromatic heterocycles. The summed E-state index contributed by atoms with van der Waals surface area (Å²) in [6.45, 7) is 11.6. The quantitative estimate of drug-likeness (QED) is 0.665. The monoisotopic (exact) mass is 231 g/mol. The summed E-state index contributed by atoms with van der Waals surface area (Å²) in [5, 5.41) is 0. The van der Waals surface area contributed by atoms with Crippen LogP contribution >= 0.6 is 12.8 Å². The maximum atomic E-state index is 12.8. The third-order valence-electron chi connectivity index (χ3n) is 1.84. The first-order valence-electron chi connectivity index (χ1n) is 5.32. The highest BCUT2D eigenvalue weighted by atomic mass is 32.1. The molecule has 3 heteroatoms.